The molecular weight excluding hydrogens is 518 g/mol. The van der Waals surface area contributed by atoms with Crippen LogP contribution in [-0.2, 0) is 14.8 Å². The molecule has 4 rings (SSSR count). The molecular formula is C28H37N5O5S. The van der Waals surface area contributed by atoms with E-state index in [1.807, 2.05) is 6.07 Å². The van der Waals surface area contributed by atoms with Crippen LogP contribution in [0.4, 0.5) is 10.5 Å². The van der Waals surface area contributed by atoms with Crippen LogP contribution in [0.1, 0.15) is 67.3 Å². The number of rotatable bonds is 7. The number of amidine groups is 1. The Balaban J connectivity index is 1.48. The molecule has 4 N–H and O–H groups in total. The minimum Gasteiger partial charge on any atom is -0.465 e. The molecule has 2 amide bonds. The maximum Gasteiger partial charge on any atom is 0.339 e. The Morgan fingerprint density at radius 2 is 1.67 bits per heavy atom. The van der Waals surface area contributed by atoms with Gasteiger partial charge in [0.15, 0.2) is 0 Å². The van der Waals surface area contributed by atoms with Crippen molar-refractivity contribution in [2.75, 3.05) is 25.1 Å². The fourth-order valence-electron chi connectivity index (χ4n) is 5.43. The maximum absolute atomic E-state index is 13.7. The predicted octanol–water partition coefficient (Wildman–Crippen LogP) is 3.85. The molecule has 0 aromatic heterocycles. The number of carbonyl (C=O) groups is 2. The Morgan fingerprint density at radius 3 is 2.31 bits per heavy atom. The molecule has 2 fully saturated rings. The second kappa shape index (κ2) is 12.6. The van der Waals surface area contributed by atoms with Gasteiger partial charge in [-0.1, -0.05) is 49.9 Å². The number of nitrogens with zero attached hydrogens (tertiary/aromatic N) is 2. The van der Waals surface area contributed by atoms with E-state index in [4.69, 9.17) is 15.9 Å². The van der Waals surface area contributed by atoms with Crippen LogP contribution in [0.25, 0.3) is 0 Å². The van der Waals surface area contributed by atoms with E-state index in [1.54, 1.807) is 35.2 Å². The zero-order valence-electron chi connectivity index (χ0n) is 22.3. The zero-order valence-corrected chi connectivity index (χ0v) is 23.1. The van der Waals surface area contributed by atoms with Gasteiger partial charge in [-0.15, -0.1) is 0 Å². The third-order valence-corrected chi connectivity index (χ3v) is 9.49. The Labute approximate surface area is 230 Å². The maximum atomic E-state index is 13.7. The van der Waals surface area contributed by atoms with E-state index in [0.29, 0.717) is 24.1 Å². The average molecular weight is 556 g/mol. The van der Waals surface area contributed by atoms with Crippen molar-refractivity contribution in [3.63, 3.8) is 0 Å². The van der Waals surface area contributed by atoms with Gasteiger partial charge >= 0.3 is 12.0 Å². The number of esters is 1. The van der Waals surface area contributed by atoms with Crippen molar-refractivity contribution in [3.8, 4) is 0 Å². The minimum absolute atomic E-state index is 0.00209. The van der Waals surface area contributed by atoms with E-state index in [1.165, 1.54) is 23.5 Å². The van der Waals surface area contributed by atoms with Crippen molar-refractivity contribution >= 4 is 33.5 Å². The Kier molecular flexibility index (Phi) is 9.24. The van der Waals surface area contributed by atoms with Gasteiger partial charge < -0.3 is 15.8 Å². The first-order valence-corrected chi connectivity index (χ1v) is 14.9. The molecule has 2 aromatic rings. The van der Waals surface area contributed by atoms with Crippen molar-refractivity contribution in [1.29, 1.82) is 5.41 Å². The summed E-state index contributed by atoms with van der Waals surface area (Å²) in [5, 5.41) is 11.0. The highest BCUT2D eigenvalue weighted by Gasteiger charge is 2.34. The van der Waals surface area contributed by atoms with Crippen LogP contribution in [0.3, 0.4) is 0 Å². The number of sulfonamides is 1. The van der Waals surface area contributed by atoms with Crippen molar-refractivity contribution in [2.45, 2.75) is 68.3 Å². The quantitative estimate of drug-likeness (QED) is 0.205. The Hall–Kier alpha value is -3.44. The first-order valence-electron chi connectivity index (χ1n) is 13.4. The summed E-state index contributed by atoms with van der Waals surface area (Å²) in [5.74, 6) is -0.760. The number of anilines is 1. The fourth-order valence-corrected chi connectivity index (χ4v) is 7.08. The Morgan fingerprint density at radius 1 is 1.00 bits per heavy atom. The monoisotopic (exact) mass is 555 g/mol. The number of amides is 2. The molecule has 1 heterocycles. The van der Waals surface area contributed by atoms with Crippen LogP contribution in [0.15, 0.2) is 53.4 Å². The van der Waals surface area contributed by atoms with E-state index in [2.05, 4.69) is 5.32 Å². The van der Waals surface area contributed by atoms with E-state index in [0.717, 1.165) is 38.5 Å². The molecule has 10 nitrogen and oxygen atoms in total. The highest BCUT2D eigenvalue weighted by molar-refractivity contribution is 7.89. The number of nitrogen functional groups attached to an aromatic ring is 1. The summed E-state index contributed by atoms with van der Waals surface area (Å²) < 4.78 is 32.9. The molecule has 0 unspecified atom stereocenters. The molecule has 11 heteroatoms. The highest BCUT2D eigenvalue weighted by Crippen LogP contribution is 2.29. The lowest BCUT2D eigenvalue weighted by Crippen LogP contribution is -2.52. The molecule has 2 aliphatic rings. The number of piperidine rings is 1. The van der Waals surface area contributed by atoms with Gasteiger partial charge in [0, 0.05) is 36.4 Å². The molecule has 0 radical (unpaired) electrons. The van der Waals surface area contributed by atoms with Gasteiger partial charge in [0.25, 0.3) is 0 Å². The number of benzene rings is 2. The number of nitrogens with two attached hydrogens (primary N) is 1. The molecule has 2 aromatic carbocycles. The van der Waals surface area contributed by atoms with Crippen molar-refractivity contribution in [3.05, 3.63) is 59.7 Å². The minimum atomic E-state index is -3.92. The lowest BCUT2D eigenvalue weighted by Gasteiger charge is -2.36. The average Bonchev–Trinajstić information content (AvgIpc) is 3.22. The summed E-state index contributed by atoms with van der Waals surface area (Å²) in [7, 11) is -2.70. The first kappa shape index (κ1) is 28.6. The largest absolute Gasteiger partial charge is 0.465 e. The molecule has 1 saturated heterocycles. The van der Waals surface area contributed by atoms with Gasteiger partial charge in [-0.25, -0.2) is 18.0 Å². The number of hydrogen-bond donors (Lipinski definition) is 3. The van der Waals surface area contributed by atoms with Crippen molar-refractivity contribution in [2.24, 2.45) is 5.73 Å². The summed E-state index contributed by atoms with van der Waals surface area (Å²) in [6, 6.07) is 12.8. The normalized spacial score (nSPS) is 17.7. The number of hydrogen-bond acceptors (Lipinski definition) is 6. The highest BCUT2D eigenvalue weighted by atomic mass is 32.2. The third-order valence-electron chi connectivity index (χ3n) is 7.54. The number of ether oxygens (including phenoxy) is 1. The summed E-state index contributed by atoms with van der Waals surface area (Å²) in [4.78, 5) is 27.6. The molecule has 39 heavy (non-hydrogen) atoms. The first-order chi connectivity index (χ1) is 18.7. The molecule has 210 valence electrons. The lowest BCUT2D eigenvalue weighted by atomic mass is 10.0. The second-order valence-corrected chi connectivity index (χ2v) is 12.0. The van der Waals surface area contributed by atoms with Gasteiger partial charge in [0.05, 0.1) is 17.6 Å². The number of nitrogens with one attached hydrogen (secondary N) is 2. The van der Waals surface area contributed by atoms with E-state index >= 15 is 0 Å². The molecule has 0 spiro atoms. The summed E-state index contributed by atoms with van der Waals surface area (Å²) >= 11 is 0. The van der Waals surface area contributed by atoms with Crippen LogP contribution in [0.5, 0.6) is 0 Å². The summed E-state index contributed by atoms with van der Waals surface area (Å²) in [6.07, 6.45) is 7.06. The lowest BCUT2D eigenvalue weighted by molar-refractivity contribution is 0.0596. The van der Waals surface area contributed by atoms with Gasteiger partial charge in [-0.2, -0.15) is 4.31 Å². The summed E-state index contributed by atoms with van der Waals surface area (Å²) in [5.41, 5.74) is 6.98. The van der Waals surface area contributed by atoms with Gasteiger partial charge in [0.1, 0.15) is 5.84 Å². The van der Waals surface area contributed by atoms with E-state index in [9.17, 15) is 18.0 Å². The van der Waals surface area contributed by atoms with Gasteiger partial charge in [-0.05, 0) is 49.9 Å². The van der Waals surface area contributed by atoms with E-state index < -0.39 is 16.0 Å². The molecule has 0 atom stereocenters. The van der Waals surface area contributed by atoms with Crippen LogP contribution in [0.2, 0.25) is 0 Å². The third kappa shape index (κ3) is 6.59. The van der Waals surface area contributed by atoms with Gasteiger partial charge in [-0.3, -0.25) is 10.3 Å². The predicted molar refractivity (Wildman–Crippen MR) is 150 cm³/mol. The number of urea groups is 1. The number of carbonyl (C=O) groups excluding carboxylic acids is 2. The molecule has 0 bridgehead atoms. The number of methoxy groups -OCH3 is 1. The van der Waals surface area contributed by atoms with Crippen molar-refractivity contribution < 1.29 is 22.7 Å². The SMILES string of the molecule is COC(=O)c1ccccc1S(=O)(=O)N1CCC(NC(=O)N(c2cccc(C(=N)N)c2)C2CCCCCC2)CC1. The smallest absolute Gasteiger partial charge is 0.339 e. The van der Waals surface area contributed by atoms with Crippen LogP contribution in [-0.4, -0.2) is 62.8 Å². The molecule has 1 aliphatic heterocycles. The fraction of sp³-hybridized carbons (Fsp3) is 0.464. The zero-order chi connectivity index (χ0) is 28.0. The van der Waals surface area contributed by atoms with Crippen LogP contribution in [0, 0.1) is 5.41 Å². The standard InChI is InChI=1S/C28H37N5O5S/c1-38-27(34)24-13-6-7-14-25(24)39(36,37)32-17-15-21(16-18-32)31-28(35)33(22-10-4-2-3-5-11-22)23-12-8-9-20(19-23)26(29)30/h6-9,12-14,19,21-22H,2-5,10-11,15-18H2,1H3,(H3,29,30)(H,31,35). The van der Waals surface area contributed by atoms with E-state index in [-0.39, 0.29) is 47.5 Å². The molecule has 1 aliphatic carbocycles. The second-order valence-electron chi connectivity index (χ2n) is 10.1. The summed E-state index contributed by atoms with van der Waals surface area (Å²) in [6.45, 7) is 0.429. The van der Waals surface area contributed by atoms with Crippen LogP contribution >= 0.6 is 0 Å². The van der Waals surface area contributed by atoms with Gasteiger partial charge in [0.2, 0.25) is 10.0 Å². The van der Waals surface area contributed by atoms with Crippen molar-refractivity contribution in [1.82, 2.24) is 9.62 Å². The molecule has 1 saturated carbocycles. The topological polar surface area (TPSA) is 146 Å². The van der Waals surface area contributed by atoms with Crippen LogP contribution < -0.4 is 16.0 Å². The Bertz CT molecular complexity index is 1300.